The van der Waals surface area contributed by atoms with Crippen LogP contribution in [0.5, 0.6) is 17.2 Å². The predicted molar refractivity (Wildman–Crippen MR) is 136 cm³/mol. The van der Waals surface area contributed by atoms with Gasteiger partial charge < -0.3 is 30.6 Å². The van der Waals surface area contributed by atoms with Crippen LogP contribution in [0.15, 0.2) is 77.8 Å². The van der Waals surface area contributed by atoms with Gasteiger partial charge in [-0.1, -0.05) is 42.5 Å². The topological polar surface area (TPSA) is 112 Å². The Hall–Kier alpha value is -4.20. The number of nitrogens with two attached hydrogens (primary N) is 2. The van der Waals surface area contributed by atoms with Crippen molar-refractivity contribution in [2.24, 2.45) is 16.5 Å². The molecule has 1 aliphatic heterocycles. The molecule has 1 unspecified atom stereocenters. The van der Waals surface area contributed by atoms with Gasteiger partial charge in [0.1, 0.15) is 17.2 Å². The fourth-order valence-corrected chi connectivity index (χ4v) is 3.98. The van der Waals surface area contributed by atoms with Crippen molar-refractivity contribution in [3.63, 3.8) is 0 Å². The molecule has 0 aromatic heterocycles. The van der Waals surface area contributed by atoms with Gasteiger partial charge in [0.05, 0.1) is 25.9 Å². The molecule has 0 aliphatic carbocycles. The van der Waals surface area contributed by atoms with Gasteiger partial charge in [0.2, 0.25) is 0 Å². The van der Waals surface area contributed by atoms with Crippen molar-refractivity contribution in [2.45, 2.75) is 25.5 Å². The Morgan fingerprint density at radius 3 is 2.54 bits per heavy atom. The van der Waals surface area contributed by atoms with Crippen molar-refractivity contribution < 1.29 is 19.0 Å². The van der Waals surface area contributed by atoms with Crippen LogP contribution in [0.1, 0.15) is 17.5 Å². The maximum Gasteiger partial charge on any atom is 0.268 e. The average Bonchev–Trinajstić information content (AvgIpc) is 2.87. The molecule has 0 saturated carbocycles. The van der Waals surface area contributed by atoms with Crippen molar-refractivity contribution in [1.29, 1.82) is 0 Å². The van der Waals surface area contributed by atoms with Crippen LogP contribution in [0.25, 0.3) is 0 Å². The van der Waals surface area contributed by atoms with Crippen molar-refractivity contribution in [3.8, 4) is 17.2 Å². The lowest BCUT2D eigenvalue weighted by Crippen LogP contribution is -2.46. The number of amides is 1. The van der Waals surface area contributed by atoms with Gasteiger partial charge in [0.25, 0.3) is 5.91 Å². The molecule has 182 valence electrons. The van der Waals surface area contributed by atoms with Crippen LogP contribution < -0.4 is 30.6 Å². The standard InChI is InChI=1S/C27H30N4O4/c1-33-23-8-4-2-6-20(23)18-31-22-7-3-5-9-24(22)35-25(26(31)32)15-17-34-21-12-10-19(11-13-21)14-16-30-27(28)29/h2-13,25H,14-18H2,1H3,(H4,28,29,30). The Labute approximate surface area is 205 Å². The number of para-hydroxylation sites is 3. The molecular weight excluding hydrogens is 444 g/mol. The van der Waals surface area contributed by atoms with Crippen LogP contribution in [-0.2, 0) is 17.8 Å². The fourth-order valence-electron chi connectivity index (χ4n) is 3.98. The number of ether oxygens (including phenoxy) is 3. The van der Waals surface area contributed by atoms with E-state index < -0.39 is 6.10 Å². The number of anilines is 1. The number of aliphatic imine (C=N–C) groups is 1. The fraction of sp³-hybridized carbons (Fsp3) is 0.259. The van der Waals surface area contributed by atoms with Gasteiger partial charge in [0, 0.05) is 18.5 Å². The van der Waals surface area contributed by atoms with Crippen LogP contribution in [-0.4, -0.2) is 38.2 Å². The molecule has 4 rings (SSSR count). The SMILES string of the molecule is COc1ccccc1CN1C(=O)C(CCOc2ccc(CCN=C(N)N)cc2)Oc2ccccc21. The second kappa shape index (κ2) is 11.3. The van der Waals surface area contributed by atoms with Gasteiger partial charge in [-0.05, 0) is 42.3 Å². The van der Waals surface area contributed by atoms with Gasteiger partial charge in [0.15, 0.2) is 12.1 Å². The number of benzene rings is 3. The van der Waals surface area contributed by atoms with E-state index in [0.717, 1.165) is 34.7 Å². The molecule has 0 bridgehead atoms. The first-order chi connectivity index (χ1) is 17.0. The van der Waals surface area contributed by atoms with Crippen LogP contribution in [0.2, 0.25) is 0 Å². The van der Waals surface area contributed by atoms with E-state index in [9.17, 15) is 4.79 Å². The second-order valence-electron chi connectivity index (χ2n) is 8.15. The average molecular weight is 475 g/mol. The van der Waals surface area contributed by atoms with E-state index in [2.05, 4.69) is 4.99 Å². The Morgan fingerprint density at radius 2 is 1.77 bits per heavy atom. The van der Waals surface area contributed by atoms with Crippen LogP contribution in [0, 0.1) is 0 Å². The molecule has 35 heavy (non-hydrogen) atoms. The number of fused-ring (bicyclic) bond motifs is 1. The molecule has 1 aliphatic rings. The first kappa shape index (κ1) is 23.9. The quantitative estimate of drug-likeness (QED) is 0.345. The lowest BCUT2D eigenvalue weighted by Gasteiger charge is -2.34. The van der Waals surface area contributed by atoms with E-state index in [-0.39, 0.29) is 11.9 Å². The highest BCUT2D eigenvalue weighted by Crippen LogP contribution is 2.36. The molecule has 8 nitrogen and oxygen atoms in total. The minimum absolute atomic E-state index is 0.0912. The maximum absolute atomic E-state index is 13.4. The molecule has 1 atom stereocenters. The smallest absolute Gasteiger partial charge is 0.268 e. The summed E-state index contributed by atoms with van der Waals surface area (Å²) in [6.45, 7) is 1.27. The normalized spacial score (nSPS) is 14.6. The molecular formula is C27H30N4O4. The third-order valence-electron chi connectivity index (χ3n) is 5.75. The summed E-state index contributed by atoms with van der Waals surface area (Å²) in [5.41, 5.74) is 13.5. The number of rotatable bonds is 10. The molecule has 4 N–H and O–H groups in total. The Balaban J connectivity index is 1.39. The van der Waals surface area contributed by atoms with Crippen LogP contribution in [0.4, 0.5) is 5.69 Å². The van der Waals surface area contributed by atoms with Crippen molar-refractivity contribution in [2.75, 3.05) is 25.2 Å². The number of carbonyl (C=O) groups is 1. The number of methoxy groups -OCH3 is 1. The number of guanidine groups is 1. The van der Waals surface area contributed by atoms with Gasteiger partial charge in [-0.2, -0.15) is 0 Å². The summed E-state index contributed by atoms with van der Waals surface area (Å²) in [7, 11) is 1.63. The zero-order chi connectivity index (χ0) is 24.6. The molecule has 0 fully saturated rings. The Kier molecular flexibility index (Phi) is 7.72. The highest BCUT2D eigenvalue weighted by molar-refractivity contribution is 6.00. The lowest BCUT2D eigenvalue weighted by atomic mass is 10.1. The maximum atomic E-state index is 13.4. The zero-order valence-electron chi connectivity index (χ0n) is 19.7. The molecule has 1 heterocycles. The summed E-state index contributed by atoms with van der Waals surface area (Å²) in [6, 6.07) is 23.0. The first-order valence-corrected chi connectivity index (χ1v) is 11.5. The van der Waals surface area contributed by atoms with E-state index in [0.29, 0.717) is 31.9 Å². The summed E-state index contributed by atoms with van der Waals surface area (Å²) in [5.74, 6) is 2.13. The second-order valence-corrected chi connectivity index (χ2v) is 8.15. The molecule has 8 heteroatoms. The Morgan fingerprint density at radius 1 is 1.03 bits per heavy atom. The number of hydrogen-bond donors (Lipinski definition) is 2. The van der Waals surface area contributed by atoms with Gasteiger partial charge in [-0.3, -0.25) is 9.79 Å². The van der Waals surface area contributed by atoms with E-state index in [4.69, 9.17) is 25.7 Å². The highest BCUT2D eigenvalue weighted by Gasteiger charge is 2.34. The summed E-state index contributed by atoms with van der Waals surface area (Å²) >= 11 is 0. The molecule has 3 aromatic carbocycles. The van der Waals surface area contributed by atoms with E-state index in [1.54, 1.807) is 12.0 Å². The zero-order valence-corrected chi connectivity index (χ0v) is 19.7. The van der Waals surface area contributed by atoms with Crippen molar-refractivity contribution >= 4 is 17.6 Å². The largest absolute Gasteiger partial charge is 0.496 e. The van der Waals surface area contributed by atoms with Gasteiger partial charge >= 0.3 is 0 Å². The third kappa shape index (κ3) is 6.03. The van der Waals surface area contributed by atoms with E-state index >= 15 is 0 Å². The number of nitrogens with zero attached hydrogens (tertiary/aromatic N) is 2. The van der Waals surface area contributed by atoms with Crippen LogP contribution >= 0.6 is 0 Å². The van der Waals surface area contributed by atoms with Crippen LogP contribution in [0.3, 0.4) is 0 Å². The molecule has 0 saturated heterocycles. The van der Waals surface area contributed by atoms with Gasteiger partial charge in [-0.25, -0.2) is 0 Å². The molecule has 0 radical (unpaired) electrons. The monoisotopic (exact) mass is 474 g/mol. The van der Waals surface area contributed by atoms with Crippen molar-refractivity contribution in [3.05, 3.63) is 83.9 Å². The summed E-state index contributed by atoms with van der Waals surface area (Å²) in [5, 5.41) is 0. The highest BCUT2D eigenvalue weighted by atomic mass is 16.5. The predicted octanol–water partition coefficient (Wildman–Crippen LogP) is 3.27. The van der Waals surface area contributed by atoms with Crippen molar-refractivity contribution in [1.82, 2.24) is 0 Å². The van der Waals surface area contributed by atoms with Gasteiger partial charge in [-0.15, -0.1) is 0 Å². The Bertz CT molecular complexity index is 1180. The summed E-state index contributed by atoms with van der Waals surface area (Å²) in [4.78, 5) is 19.2. The number of carbonyl (C=O) groups excluding carboxylic acids is 1. The first-order valence-electron chi connectivity index (χ1n) is 11.5. The van der Waals surface area contributed by atoms with E-state index in [1.165, 1.54) is 0 Å². The molecule has 1 amide bonds. The summed E-state index contributed by atoms with van der Waals surface area (Å²) in [6.07, 6.45) is 0.518. The third-order valence-corrected chi connectivity index (χ3v) is 5.75. The molecule has 0 spiro atoms. The van der Waals surface area contributed by atoms with E-state index in [1.807, 2.05) is 72.8 Å². The number of hydrogen-bond acceptors (Lipinski definition) is 5. The minimum atomic E-state index is -0.640. The lowest BCUT2D eigenvalue weighted by molar-refractivity contribution is -0.127. The molecule has 3 aromatic rings. The summed E-state index contributed by atoms with van der Waals surface area (Å²) < 4.78 is 17.4. The minimum Gasteiger partial charge on any atom is -0.496 e.